The van der Waals surface area contributed by atoms with E-state index in [0.29, 0.717) is 54.7 Å². The highest BCUT2D eigenvalue weighted by atomic mass is 16.6. The number of benzene rings is 1. The van der Waals surface area contributed by atoms with E-state index < -0.39 is 11.6 Å². The van der Waals surface area contributed by atoms with Crippen LogP contribution in [0.2, 0.25) is 0 Å². The average molecular weight is 498 g/mol. The first kappa shape index (κ1) is 21.9. The minimum absolute atomic E-state index is 0.0207. The van der Waals surface area contributed by atoms with Crippen molar-refractivity contribution in [2.24, 2.45) is 0 Å². The Morgan fingerprint density at radius 3 is 2.57 bits per heavy atom. The number of carbonyl (C=O) groups excluding carboxylic acids is 1. The summed E-state index contributed by atoms with van der Waals surface area (Å²) in [7, 11) is 0. The van der Waals surface area contributed by atoms with E-state index in [9.17, 15) is 14.7 Å². The summed E-state index contributed by atoms with van der Waals surface area (Å²) in [6.07, 6.45) is 7.16. The fourth-order valence-electron chi connectivity index (χ4n) is 5.50. The van der Waals surface area contributed by atoms with Crippen LogP contribution in [-0.4, -0.2) is 33.7 Å². The van der Waals surface area contributed by atoms with Gasteiger partial charge in [-0.2, -0.15) is 4.57 Å². The molecule has 0 fully saturated rings. The first-order valence-electron chi connectivity index (χ1n) is 12.2. The van der Waals surface area contributed by atoms with Crippen molar-refractivity contribution < 1.29 is 28.7 Å². The number of fused-ring (bicyclic) bond motifs is 6. The van der Waals surface area contributed by atoms with Crippen molar-refractivity contribution in [1.82, 2.24) is 14.5 Å². The molecule has 1 atom stereocenters. The molecule has 10 heteroatoms. The third-order valence-corrected chi connectivity index (χ3v) is 7.47. The maximum atomic E-state index is 13.6. The van der Waals surface area contributed by atoms with E-state index in [1.807, 2.05) is 29.1 Å². The number of esters is 1. The fourth-order valence-corrected chi connectivity index (χ4v) is 5.50. The maximum absolute atomic E-state index is 13.6. The first-order valence-corrected chi connectivity index (χ1v) is 12.2. The lowest BCUT2D eigenvalue weighted by molar-refractivity contribution is -0.688. The molecule has 0 saturated heterocycles. The molecule has 4 aromatic rings. The highest BCUT2D eigenvalue weighted by molar-refractivity contribution is 5.91. The lowest BCUT2D eigenvalue weighted by atomic mass is 9.86. The minimum Gasteiger partial charge on any atom is -0.838 e. The van der Waals surface area contributed by atoms with Crippen LogP contribution in [0.4, 0.5) is 0 Å². The van der Waals surface area contributed by atoms with E-state index in [4.69, 9.17) is 19.2 Å². The van der Waals surface area contributed by atoms with E-state index >= 15 is 0 Å². The Kier molecular flexibility index (Phi) is 4.65. The Balaban J connectivity index is 1.50. The number of pyridine rings is 2. The van der Waals surface area contributed by atoms with Crippen molar-refractivity contribution in [3.05, 3.63) is 75.6 Å². The van der Waals surface area contributed by atoms with Gasteiger partial charge in [-0.1, -0.05) is 13.3 Å². The standard InChI is InChI=1S/C27H22N4O6/c1-2-27(34)19-10-21-24-17(13-31(21)25(32)18(19)14-37-26(27)33)16(12-30-5-3-28-4-6-30)15-9-22-23(11-20(15)29-24)36-8-7-35-22/h3-6,9-11H,2,7-8,12-14H2,1H3/t27-/m0/s1. The Labute approximate surface area is 210 Å². The Hall–Kier alpha value is -4.31. The van der Waals surface area contributed by atoms with E-state index in [2.05, 4.69) is 4.98 Å². The zero-order valence-corrected chi connectivity index (χ0v) is 20.0. The van der Waals surface area contributed by atoms with Crippen LogP contribution < -0.4 is 24.7 Å². The quantitative estimate of drug-likeness (QED) is 0.266. The summed E-state index contributed by atoms with van der Waals surface area (Å²) in [5, 5.41) is 14.4. The molecule has 186 valence electrons. The van der Waals surface area contributed by atoms with Gasteiger partial charge in [0.05, 0.1) is 41.4 Å². The number of nitrogens with zero attached hydrogens (tertiary/aromatic N) is 4. The molecular weight excluding hydrogens is 476 g/mol. The summed E-state index contributed by atoms with van der Waals surface area (Å²) < 4.78 is 20.4. The summed E-state index contributed by atoms with van der Waals surface area (Å²) in [5.41, 5.74) is 1.66. The van der Waals surface area contributed by atoms with E-state index in [-0.39, 0.29) is 29.7 Å². The van der Waals surface area contributed by atoms with Crippen LogP contribution >= 0.6 is 0 Å². The summed E-state index contributed by atoms with van der Waals surface area (Å²) in [4.78, 5) is 35.1. The molecule has 0 spiro atoms. The normalized spacial score (nSPS) is 19.2. The van der Waals surface area contributed by atoms with Crippen LogP contribution in [0, 0.1) is 0 Å². The third kappa shape index (κ3) is 3.12. The lowest BCUT2D eigenvalue weighted by Crippen LogP contribution is -2.53. The predicted molar refractivity (Wildman–Crippen MR) is 127 cm³/mol. The molecule has 0 unspecified atom stereocenters. The van der Waals surface area contributed by atoms with Gasteiger partial charge in [0, 0.05) is 28.2 Å². The molecule has 3 aromatic heterocycles. The maximum Gasteiger partial charge on any atom is 0.300 e. The molecule has 0 N–H and O–H groups in total. The highest BCUT2D eigenvalue weighted by Gasteiger charge is 2.39. The smallest absolute Gasteiger partial charge is 0.300 e. The SMILES string of the molecule is CC[C@@]1([O-])C(=O)OCc2c1cc1n(c2=O)Cc2c-1nc1cc3c(cc1c2C[n+]1ccncc1)OCCO3. The minimum atomic E-state index is -2.12. The van der Waals surface area contributed by atoms with Crippen molar-refractivity contribution in [3.8, 4) is 22.9 Å². The molecule has 10 nitrogen and oxygen atoms in total. The number of carbonyl (C=O) groups is 1. The topological polar surface area (TPSA) is 119 Å². The number of rotatable bonds is 3. The second-order valence-corrected chi connectivity index (χ2v) is 9.42. The average Bonchev–Trinajstić information content (AvgIpc) is 3.29. The van der Waals surface area contributed by atoms with Gasteiger partial charge in [0.15, 0.2) is 30.4 Å². The Bertz CT molecular complexity index is 1680. The second kappa shape index (κ2) is 7.84. The number of hydrogen-bond donors (Lipinski definition) is 0. The summed E-state index contributed by atoms with van der Waals surface area (Å²) in [5.74, 6) is 0.413. The largest absolute Gasteiger partial charge is 0.838 e. The van der Waals surface area contributed by atoms with E-state index in [0.717, 1.165) is 16.5 Å². The van der Waals surface area contributed by atoms with Gasteiger partial charge in [0.1, 0.15) is 19.8 Å². The lowest BCUT2D eigenvalue weighted by Gasteiger charge is -2.41. The Morgan fingerprint density at radius 1 is 1.05 bits per heavy atom. The monoisotopic (exact) mass is 498 g/mol. The molecular formula is C27H22N4O6. The van der Waals surface area contributed by atoms with Crippen LogP contribution in [0.1, 0.15) is 35.6 Å². The zero-order chi connectivity index (χ0) is 25.3. The van der Waals surface area contributed by atoms with E-state index in [1.54, 1.807) is 30.0 Å². The molecule has 6 heterocycles. The number of ether oxygens (including phenoxy) is 3. The van der Waals surface area contributed by atoms with Crippen LogP contribution in [0.25, 0.3) is 22.3 Å². The highest BCUT2D eigenvalue weighted by Crippen LogP contribution is 2.42. The number of cyclic esters (lactones) is 1. The molecule has 1 aromatic carbocycles. The van der Waals surface area contributed by atoms with Crippen molar-refractivity contribution in [1.29, 1.82) is 0 Å². The van der Waals surface area contributed by atoms with Gasteiger partial charge >= 0.3 is 0 Å². The Morgan fingerprint density at radius 2 is 1.81 bits per heavy atom. The molecule has 0 bridgehead atoms. The van der Waals surface area contributed by atoms with Crippen molar-refractivity contribution >= 4 is 16.9 Å². The molecule has 0 aliphatic carbocycles. The molecule has 0 radical (unpaired) electrons. The van der Waals surface area contributed by atoms with Crippen LogP contribution in [0.3, 0.4) is 0 Å². The van der Waals surface area contributed by atoms with Crippen molar-refractivity contribution in [2.75, 3.05) is 13.2 Å². The fraction of sp³-hybridized carbons (Fsp3) is 0.296. The zero-order valence-electron chi connectivity index (χ0n) is 20.0. The third-order valence-electron chi connectivity index (χ3n) is 7.47. The summed E-state index contributed by atoms with van der Waals surface area (Å²) >= 11 is 0. The second-order valence-electron chi connectivity index (χ2n) is 9.42. The van der Waals surface area contributed by atoms with Crippen LogP contribution in [0.5, 0.6) is 11.5 Å². The molecule has 0 amide bonds. The van der Waals surface area contributed by atoms with Crippen molar-refractivity contribution in [2.45, 2.75) is 38.6 Å². The first-order chi connectivity index (χ1) is 18.0. The van der Waals surface area contributed by atoms with Gasteiger partial charge in [0.25, 0.3) is 11.5 Å². The van der Waals surface area contributed by atoms with Gasteiger partial charge in [-0.3, -0.25) is 14.6 Å². The molecule has 3 aliphatic rings. The van der Waals surface area contributed by atoms with Gasteiger partial charge in [-0.25, -0.2) is 4.98 Å². The van der Waals surface area contributed by atoms with Gasteiger partial charge < -0.3 is 23.9 Å². The number of hydrogen-bond acceptors (Lipinski definition) is 8. The molecule has 37 heavy (non-hydrogen) atoms. The van der Waals surface area contributed by atoms with Crippen molar-refractivity contribution in [3.63, 3.8) is 0 Å². The molecule has 7 rings (SSSR count). The van der Waals surface area contributed by atoms with Crippen LogP contribution in [0.15, 0.2) is 47.8 Å². The summed E-state index contributed by atoms with van der Waals surface area (Å²) in [6, 6.07) is 5.46. The van der Waals surface area contributed by atoms with E-state index in [1.165, 1.54) is 0 Å². The number of aromatic nitrogens is 4. The van der Waals surface area contributed by atoms with Gasteiger partial charge in [0.2, 0.25) is 0 Å². The summed E-state index contributed by atoms with van der Waals surface area (Å²) in [6.45, 7) is 3.14. The molecule has 3 aliphatic heterocycles. The predicted octanol–water partition coefficient (Wildman–Crippen LogP) is 0.950. The van der Waals surface area contributed by atoms with Gasteiger partial charge in [-0.05, 0) is 17.7 Å². The van der Waals surface area contributed by atoms with Gasteiger partial charge in [-0.15, -0.1) is 0 Å². The van der Waals surface area contributed by atoms with Crippen LogP contribution in [-0.2, 0) is 34.8 Å². The molecule has 0 saturated carbocycles.